The molecule has 0 spiro atoms. The predicted molar refractivity (Wildman–Crippen MR) is 75.1 cm³/mol. The number of nitrogens with zero attached hydrogens (tertiary/aromatic N) is 2. The standard InChI is InChI=1S/C15H21F2N3/c1-3-20(4-2)9-5-8-19-15(11-18)13-7-6-12(16)10-14(13)17/h6-7,10,15,19H,3-5,8-9H2,1-2H3. The van der Waals surface area contributed by atoms with Crippen molar-refractivity contribution >= 4 is 0 Å². The van der Waals surface area contributed by atoms with Crippen LogP contribution in [0.5, 0.6) is 0 Å². The molecule has 0 radical (unpaired) electrons. The van der Waals surface area contributed by atoms with E-state index in [4.69, 9.17) is 5.26 Å². The fourth-order valence-electron chi connectivity index (χ4n) is 2.05. The van der Waals surface area contributed by atoms with Gasteiger partial charge in [-0.1, -0.05) is 19.9 Å². The van der Waals surface area contributed by atoms with Gasteiger partial charge in [0.1, 0.15) is 17.7 Å². The molecule has 3 nitrogen and oxygen atoms in total. The molecule has 0 amide bonds. The molecular formula is C15H21F2N3. The first-order chi connectivity index (χ1) is 9.62. The molecule has 1 N–H and O–H groups in total. The minimum Gasteiger partial charge on any atom is -0.304 e. The smallest absolute Gasteiger partial charge is 0.131 e. The Kier molecular flexibility index (Phi) is 7.13. The fraction of sp³-hybridized carbons (Fsp3) is 0.533. The topological polar surface area (TPSA) is 39.1 Å². The highest BCUT2D eigenvalue weighted by Gasteiger charge is 2.15. The van der Waals surface area contributed by atoms with Crippen molar-refractivity contribution in [3.8, 4) is 6.07 Å². The predicted octanol–water partition coefficient (Wildman–Crippen LogP) is 2.85. The van der Waals surface area contributed by atoms with E-state index in [0.717, 1.165) is 32.1 Å². The fourth-order valence-corrected chi connectivity index (χ4v) is 2.05. The van der Waals surface area contributed by atoms with E-state index in [0.29, 0.717) is 6.54 Å². The van der Waals surface area contributed by atoms with Crippen molar-refractivity contribution in [2.75, 3.05) is 26.2 Å². The molecular weight excluding hydrogens is 260 g/mol. The number of benzene rings is 1. The van der Waals surface area contributed by atoms with Gasteiger partial charge in [0.05, 0.1) is 6.07 Å². The molecule has 1 rings (SSSR count). The Hall–Kier alpha value is -1.51. The second-order valence-electron chi connectivity index (χ2n) is 4.56. The molecule has 20 heavy (non-hydrogen) atoms. The van der Waals surface area contributed by atoms with E-state index in [2.05, 4.69) is 24.1 Å². The molecule has 1 aromatic carbocycles. The summed E-state index contributed by atoms with van der Waals surface area (Å²) < 4.78 is 26.4. The van der Waals surface area contributed by atoms with Gasteiger partial charge in [-0.05, 0) is 38.7 Å². The third-order valence-electron chi connectivity index (χ3n) is 3.30. The van der Waals surface area contributed by atoms with Crippen LogP contribution in [0.1, 0.15) is 31.9 Å². The van der Waals surface area contributed by atoms with Crippen LogP contribution in [-0.4, -0.2) is 31.1 Å². The number of rotatable bonds is 8. The molecule has 1 unspecified atom stereocenters. The Morgan fingerprint density at radius 3 is 2.55 bits per heavy atom. The van der Waals surface area contributed by atoms with E-state index < -0.39 is 17.7 Å². The van der Waals surface area contributed by atoms with E-state index in [1.807, 2.05) is 6.07 Å². The number of nitriles is 1. The Labute approximate surface area is 119 Å². The van der Waals surface area contributed by atoms with Gasteiger partial charge < -0.3 is 4.90 Å². The number of hydrogen-bond donors (Lipinski definition) is 1. The molecule has 0 saturated heterocycles. The van der Waals surface area contributed by atoms with E-state index in [-0.39, 0.29) is 5.56 Å². The van der Waals surface area contributed by atoms with Gasteiger partial charge in [-0.3, -0.25) is 5.32 Å². The number of hydrogen-bond acceptors (Lipinski definition) is 3. The largest absolute Gasteiger partial charge is 0.304 e. The first kappa shape index (κ1) is 16.5. The van der Waals surface area contributed by atoms with Crippen molar-refractivity contribution in [1.29, 1.82) is 5.26 Å². The van der Waals surface area contributed by atoms with Gasteiger partial charge in [0.2, 0.25) is 0 Å². The highest BCUT2D eigenvalue weighted by atomic mass is 19.1. The summed E-state index contributed by atoms with van der Waals surface area (Å²) in [6, 6.07) is 4.55. The summed E-state index contributed by atoms with van der Waals surface area (Å²) >= 11 is 0. The van der Waals surface area contributed by atoms with E-state index in [9.17, 15) is 8.78 Å². The SMILES string of the molecule is CCN(CC)CCCNC(C#N)c1ccc(F)cc1F. The normalized spacial score (nSPS) is 12.4. The van der Waals surface area contributed by atoms with Crippen LogP contribution < -0.4 is 5.32 Å². The molecule has 0 saturated carbocycles. The van der Waals surface area contributed by atoms with Crippen molar-refractivity contribution in [2.24, 2.45) is 0 Å². The molecule has 0 fully saturated rings. The van der Waals surface area contributed by atoms with Crippen LogP contribution >= 0.6 is 0 Å². The molecule has 0 bridgehead atoms. The van der Waals surface area contributed by atoms with Gasteiger partial charge in [-0.25, -0.2) is 8.78 Å². The second-order valence-corrected chi connectivity index (χ2v) is 4.56. The highest BCUT2D eigenvalue weighted by Crippen LogP contribution is 2.17. The molecule has 1 atom stereocenters. The molecule has 0 aliphatic rings. The molecule has 1 aromatic rings. The molecule has 0 aliphatic carbocycles. The Morgan fingerprint density at radius 2 is 2.00 bits per heavy atom. The Bertz CT molecular complexity index is 453. The van der Waals surface area contributed by atoms with Crippen LogP contribution in [0.25, 0.3) is 0 Å². The molecule has 0 aromatic heterocycles. The monoisotopic (exact) mass is 281 g/mol. The number of nitrogens with one attached hydrogen (secondary N) is 1. The lowest BCUT2D eigenvalue weighted by atomic mass is 10.1. The van der Waals surface area contributed by atoms with Gasteiger partial charge in [-0.2, -0.15) is 5.26 Å². The maximum atomic E-state index is 13.6. The summed E-state index contributed by atoms with van der Waals surface area (Å²) in [5.41, 5.74) is 0.191. The van der Waals surface area contributed by atoms with Crippen LogP contribution in [0.4, 0.5) is 8.78 Å². The third kappa shape index (κ3) is 4.87. The second kappa shape index (κ2) is 8.62. The zero-order valence-electron chi connectivity index (χ0n) is 12.0. The summed E-state index contributed by atoms with van der Waals surface area (Å²) in [4.78, 5) is 2.28. The maximum absolute atomic E-state index is 13.6. The summed E-state index contributed by atoms with van der Waals surface area (Å²) in [7, 11) is 0. The lowest BCUT2D eigenvalue weighted by molar-refractivity contribution is 0.297. The van der Waals surface area contributed by atoms with Crippen LogP contribution in [-0.2, 0) is 0 Å². The van der Waals surface area contributed by atoms with Crippen LogP contribution in [0.15, 0.2) is 18.2 Å². The summed E-state index contributed by atoms with van der Waals surface area (Å²) in [6.07, 6.45) is 0.878. The van der Waals surface area contributed by atoms with E-state index >= 15 is 0 Å². The summed E-state index contributed by atoms with van der Waals surface area (Å²) in [6.45, 7) is 7.73. The van der Waals surface area contributed by atoms with E-state index in [1.165, 1.54) is 12.1 Å². The van der Waals surface area contributed by atoms with E-state index in [1.54, 1.807) is 0 Å². The van der Waals surface area contributed by atoms with Crippen molar-refractivity contribution in [1.82, 2.24) is 10.2 Å². The zero-order valence-corrected chi connectivity index (χ0v) is 12.0. The van der Waals surface area contributed by atoms with Gasteiger partial charge >= 0.3 is 0 Å². The van der Waals surface area contributed by atoms with Crippen LogP contribution in [0.2, 0.25) is 0 Å². The third-order valence-corrected chi connectivity index (χ3v) is 3.30. The highest BCUT2D eigenvalue weighted by molar-refractivity contribution is 5.26. The average molecular weight is 281 g/mol. The van der Waals surface area contributed by atoms with Crippen LogP contribution in [0, 0.1) is 23.0 Å². The lowest BCUT2D eigenvalue weighted by Crippen LogP contribution is -2.28. The van der Waals surface area contributed by atoms with Gasteiger partial charge in [0, 0.05) is 11.6 Å². The minimum absolute atomic E-state index is 0.191. The van der Waals surface area contributed by atoms with Crippen molar-refractivity contribution < 1.29 is 8.78 Å². The quantitative estimate of drug-likeness (QED) is 0.745. The number of halogens is 2. The van der Waals surface area contributed by atoms with Crippen LogP contribution in [0.3, 0.4) is 0 Å². The molecule has 5 heteroatoms. The Morgan fingerprint density at radius 1 is 1.30 bits per heavy atom. The molecule has 0 heterocycles. The minimum atomic E-state index is -0.743. The first-order valence-corrected chi connectivity index (χ1v) is 6.92. The summed E-state index contributed by atoms with van der Waals surface area (Å²) in [5, 5.41) is 12.1. The van der Waals surface area contributed by atoms with Gasteiger partial charge in [-0.15, -0.1) is 0 Å². The van der Waals surface area contributed by atoms with Crippen molar-refractivity contribution in [3.63, 3.8) is 0 Å². The Balaban J connectivity index is 2.50. The molecule has 0 aliphatic heterocycles. The maximum Gasteiger partial charge on any atom is 0.131 e. The zero-order chi connectivity index (χ0) is 15.0. The molecule has 110 valence electrons. The first-order valence-electron chi connectivity index (χ1n) is 6.92. The van der Waals surface area contributed by atoms with Crippen molar-refractivity contribution in [2.45, 2.75) is 26.3 Å². The average Bonchev–Trinajstić information content (AvgIpc) is 2.44. The lowest BCUT2D eigenvalue weighted by Gasteiger charge is -2.18. The van der Waals surface area contributed by atoms with Crippen molar-refractivity contribution in [3.05, 3.63) is 35.4 Å². The van der Waals surface area contributed by atoms with Gasteiger partial charge in [0.15, 0.2) is 0 Å². The summed E-state index contributed by atoms with van der Waals surface area (Å²) in [5.74, 6) is -1.32. The van der Waals surface area contributed by atoms with Gasteiger partial charge in [0.25, 0.3) is 0 Å².